The van der Waals surface area contributed by atoms with Crippen LogP contribution in [-0.4, -0.2) is 23.7 Å². The van der Waals surface area contributed by atoms with Crippen molar-refractivity contribution in [1.29, 1.82) is 0 Å². The summed E-state index contributed by atoms with van der Waals surface area (Å²) in [5, 5.41) is 11.4. The summed E-state index contributed by atoms with van der Waals surface area (Å²) in [7, 11) is 0. The highest BCUT2D eigenvalue weighted by Crippen LogP contribution is 2.13. The highest BCUT2D eigenvalue weighted by molar-refractivity contribution is 5.95. The van der Waals surface area contributed by atoms with E-state index < -0.39 is 18.6 Å². The van der Waals surface area contributed by atoms with Crippen LogP contribution < -0.4 is 11.1 Å². The molecule has 0 fully saturated rings. The van der Waals surface area contributed by atoms with Gasteiger partial charge in [0.05, 0.1) is 12.3 Å². The molecule has 0 aromatic heterocycles. The standard InChI is InChI=1S/C17H12N2O2/c1-2-3-4-5-6-7-10-14-11-8-9-12-16(14)19-17(21)15(18)13-20/h1,8-9,11-12,15,20H,13,18H2,(H,19,21)/t15-/m1/s1. The molecule has 4 N–H and O–H groups in total. The Morgan fingerprint density at radius 1 is 1.24 bits per heavy atom. The molecule has 0 spiro atoms. The van der Waals surface area contributed by atoms with Crippen LogP contribution >= 0.6 is 0 Å². The number of amides is 1. The second kappa shape index (κ2) is 8.87. The largest absolute Gasteiger partial charge is 0.394 e. The first-order valence-electron chi connectivity index (χ1n) is 5.92. The molecule has 1 rings (SSSR count). The first kappa shape index (κ1) is 15.9. The Morgan fingerprint density at radius 2 is 1.90 bits per heavy atom. The first-order chi connectivity index (χ1) is 10.2. The SMILES string of the molecule is C#CC#CC#CC#Cc1ccccc1NC(=O)[C@H](N)CO. The first-order valence-corrected chi connectivity index (χ1v) is 5.92. The second-order valence-electron chi connectivity index (χ2n) is 3.72. The van der Waals surface area contributed by atoms with Gasteiger partial charge in [-0.2, -0.15) is 0 Å². The van der Waals surface area contributed by atoms with Crippen LogP contribution in [0.15, 0.2) is 24.3 Å². The zero-order valence-corrected chi connectivity index (χ0v) is 11.1. The number of terminal acetylenes is 1. The van der Waals surface area contributed by atoms with Crippen molar-refractivity contribution < 1.29 is 9.90 Å². The van der Waals surface area contributed by atoms with Gasteiger partial charge < -0.3 is 16.2 Å². The molecule has 1 aromatic carbocycles. The van der Waals surface area contributed by atoms with Crippen LogP contribution in [0.4, 0.5) is 5.69 Å². The number of hydrogen-bond acceptors (Lipinski definition) is 3. The molecule has 0 aliphatic carbocycles. The summed E-state index contributed by atoms with van der Waals surface area (Å²) in [6.45, 7) is -0.432. The Bertz CT molecular complexity index is 740. The number of nitrogens with one attached hydrogen (secondary N) is 1. The number of aliphatic hydroxyl groups is 1. The lowest BCUT2D eigenvalue weighted by Gasteiger charge is -2.10. The molecule has 1 aromatic rings. The van der Waals surface area contributed by atoms with Gasteiger partial charge in [0, 0.05) is 5.56 Å². The molecule has 0 bridgehead atoms. The van der Waals surface area contributed by atoms with Gasteiger partial charge >= 0.3 is 0 Å². The number of hydrogen-bond donors (Lipinski definition) is 3. The minimum atomic E-state index is -0.982. The second-order valence-corrected chi connectivity index (χ2v) is 3.72. The molecule has 0 heterocycles. The lowest BCUT2D eigenvalue weighted by molar-refractivity contribution is -0.118. The van der Waals surface area contributed by atoms with Crippen LogP contribution in [0, 0.1) is 47.9 Å². The van der Waals surface area contributed by atoms with Crippen molar-refractivity contribution >= 4 is 11.6 Å². The van der Waals surface area contributed by atoms with E-state index in [1.165, 1.54) is 0 Å². The molecule has 21 heavy (non-hydrogen) atoms. The van der Waals surface area contributed by atoms with Crippen LogP contribution in [0.1, 0.15) is 5.56 Å². The van der Waals surface area contributed by atoms with Gasteiger partial charge in [-0.25, -0.2) is 0 Å². The van der Waals surface area contributed by atoms with Crippen LogP contribution in [0.2, 0.25) is 0 Å². The summed E-state index contributed by atoms with van der Waals surface area (Å²) < 4.78 is 0. The molecule has 1 amide bonds. The highest BCUT2D eigenvalue weighted by atomic mass is 16.3. The van der Waals surface area contributed by atoms with E-state index in [1.54, 1.807) is 24.3 Å². The zero-order valence-electron chi connectivity index (χ0n) is 11.1. The van der Waals surface area contributed by atoms with Gasteiger partial charge in [0.1, 0.15) is 6.04 Å². The van der Waals surface area contributed by atoms with Gasteiger partial charge in [-0.15, -0.1) is 6.42 Å². The third-order valence-electron chi connectivity index (χ3n) is 2.24. The number of para-hydroxylation sites is 1. The van der Waals surface area contributed by atoms with Gasteiger partial charge in [0.25, 0.3) is 0 Å². The minimum absolute atomic E-state index is 0.432. The molecule has 0 saturated carbocycles. The van der Waals surface area contributed by atoms with E-state index in [2.05, 4.69) is 46.8 Å². The highest BCUT2D eigenvalue weighted by Gasteiger charge is 2.12. The number of carbonyl (C=O) groups excluding carboxylic acids is 1. The Labute approximate surface area is 123 Å². The Hall–Kier alpha value is -3.15. The molecule has 0 unspecified atom stereocenters. The van der Waals surface area contributed by atoms with Crippen molar-refractivity contribution in [3.63, 3.8) is 0 Å². The maximum atomic E-state index is 11.6. The van der Waals surface area contributed by atoms with E-state index in [1.807, 2.05) is 0 Å². The third-order valence-corrected chi connectivity index (χ3v) is 2.24. The summed E-state index contributed by atoms with van der Waals surface area (Å²) in [6.07, 6.45) is 4.94. The van der Waals surface area contributed by atoms with E-state index in [4.69, 9.17) is 17.3 Å². The zero-order chi connectivity index (χ0) is 15.5. The average Bonchev–Trinajstić information content (AvgIpc) is 2.51. The minimum Gasteiger partial charge on any atom is -0.394 e. The Morgan fingerprint density at radius 3 is 2.62 bits per heavy atom. The van der Waals surface area contributed by atoms with E-state index in [9.17, 15) is 4.79 Å². The normalized spacial score (nSPS) is 9.38. The van der Waals surface area contributed by atoms with Gasteiger partial charge in [-0.3, -0.25) is 4.79 Å². The Balaban J connectivity index is 2.90. The summed E-state index contributed by atoms with van der Waals surface area (Å²) in [4.78, 5) is 11.6. The van der Waals surface area contributed by atoms with Crippen molar-refractivity contribution in [2.75, 3.05) is 11.9 Å². The Kier molecular flexibility index (Phi) is 6.72. The fourth-order valence-electron chi connectivity index (χ4n) is 1.24. The molecule has 0 aliphatic heterocycles. The number of aliphatic hydroxyl groups excluding tert-OH is 1. The van der Waals surface area contributed by atoms with Crippen molar-refractivity contribution in [2.45, 2.75) is 6.04 Å². The molecular formula is C17H12N2O2. The average molecular weight is 276 g/mol. The number of benzene rings is 1. The van der Waals surface area contributed by atoms with Crippen LogP contribution in [-0.2, 0) is 4.79 Å². The molecular weight excluding hydrogens is 264 g/mol. The smallest absolute Gasteiger partial charge is 0.243 e. The van der Waals surface area contributed by atoms with Gasteiger partial charge in [0.2, 0.25) is 5.91 Å². The summed E-state index contributed by atoms with van der Waals surface area (Å²) in [5.41, 5.74) is 6.51. The molecule has 1 atom stereocenters. The monoisotopic (exact) mass is 276 g/mol. The predicted molar refractivity (Wildman–Crippen MR) is 81.4 cm³/mol. The molecule has 102 valence electrons. The molecule has 0 saturated heterocycles. The van der Waals surface area contributed by atoms with Crippen LogP contribution in [0.25, 0.3) is 0 Å². The topological polar surface area (TPSA) is 75.4 Å². The fraction of sp³-hybridized carbons (Fsp3) is 0.118. The third kappa shape index (κ3) is 5.56. The molecule has 0 aliphatic rings. The van der Waals surface area contributed by atoms with E-state index in [0.29, 0.717) is 11.3 Å². The summed E-state index contributed by atoms with van der Waals surface area (Å²) in [6, 6.07) is 5.94. The lowest BCUT2D eigenvalue weighted by atomic mass is 10.1. The maximum absolute atomic E-state index is 11.6. The molecule has 4 heteroatoms. The van der Waals surface area contributed by atoms with Crippen LogP contribution in [0.3, 0.4) is 0 Å². The fourth-order valence-corrected chi connectivity index (χ4v) is 1.24. The van der Waals surface area contributed by atoms with Gasteiger partial charge in [-0.05, 0) is 47.7 Å². The summed E-state index contributed by atoms with van der Waals surface area (Å²) >= 11 is 0. The number of nitrogens with two attached hydrogens (primary N) is 1. The van der Waals surface area contributed by atoms with E-state index in [-0.39, 0.29) is 0 Å². The molecule has 4 nitrogen and oxygen atoms in total. The lowest BCUT2D eigenvalue weighted by Crippen LogP contribution is -2.38. The van der Waals surface area contributed by atoms with Crippen molar-refractivity contribution in [1.82, 2.24) is 0 Å². The van der Waals surface area contributed by atoms with Crippen molar-refractivity contribution in [3.8, 4) is 47.9 Å². The van der Waals surface area contributed by atoms with Crippen LogP contribution in [0.5, 0.6) is 0 Å². The van der Waals surface area contributed by atoms with E-state index >= 15 is 0 Å². The van der Waals surface area contributed by atoms with Gasteiger partial charge in [0.15, 0.2) is 0 Å². The summed E-state index contributed by atoms with van der Waals surface area (Å²) in [5.74, 6) is 16.8. The number of rotatable bonds is 3. The van der Waals surface area contributed by atoms with E-state index in [0.717, 1.165) is 0 Å². The van der Waals surface area contributed by atoms with Crippen molar-refractivity contribution in [3.05, 3.63) is 29.8 Å². The molecule has 0 radical (unpaired) electrons. The van der Waals surface area contributed by atoms with Crippen molar-refractivity contribution in [2.24, 2.45) is 5.73 Å². The predicted octanol–water partition coefficient (Wildman–Crippen LogP) is -0.0638. The quantitative estimate of drug-likeness (QED) is 0.677. The maximum Gasteiger partial charge on any atom is 0.243 e. The number of anilines is 1. The van der Waals surface area contributed by atoms with Gasteiger partial charge in [-0.1, -0.05) is 18.1 Å². The number of carbonyl (C=O) groups is 1.